The Morgan fingerprint density at radius 2 is 1.69 bits per heavy atom. The number of carboxylic acids is 2. The highest BCUT2D eigenvalue weighted by atomic mass is 19.4. The average molecular weight is 533 g/mol. The van der Waals surface area contributed by atoms with Gasteiger partial charge in [0.25, 0.3) is 5.91 Å². The molecule has 2 saturated heterocycles. The number of ether oxygens (including phenoxy) is 2. The van der Waals surface area contributed by atoms with Gasteiger partial charge in [-0.2, -0.15) is 26.3 Å². The standard InChI is InChI=1S/C16H23N3O3.2C2HF3O2/c1-18(2)9-16-10-19(7-12(16)8-22-11-16)15(20)13-5-4-6-17-14(13)21-3;2*3-2(4,5)1(6)7/h4-6,12H,7-11H2,1-3H3;2*(H,6,7)/t12-,16+;;/m1../s1. The molecule has 0 unspecified atom stereocenters. The first-order valence-corrected chi connectivity index (χ1v) is 10.1. The molecular weight excluding hydrogens is 508 g/mol. The molecule has 2 aliphatic heterocycles. The van der Waals surface area contributed by atoms with Gasteiger partial charge in [-0.3, -0.25) is 4.79 Å². The quantitative estimate of drug-likeness (QED) is 0.559. The van der Waals surface area contributed by atoms with Crippen LogP contribution < -0.4 is 4.74 Å². The number of fused-ring (bicyclic) bond motifs is 1. The van der Waals surface area contributed by atoms with Crippen LogP contribution in [0.5, 0.6) is 5.88 Å². The van der Waals surface area contributed by atoms with Gasteiger partial charge in [-0.25, -0.2) is 14.6 Å². The number of amides is 1. The van der Waals surface area contributed by atoms with Crippen molar-refractivity contribution in [2.75, 3.05) is 54.1 Å². The van der Waals surface area contributed by atoms with Crippen LogP contribution in [0.1, 0.15) is 10.4 Å². The van der Waals surface area contributed by atoms with Gasteiger partial charge in [0.05, 0.1) is 20.3 Å². The third kappa shape index (κ3) is 8.51. The molecule has 36 heavy (non-hydrogen) atoms. The van der Waals surface area contributed by atoms with Gasteiger partial charge in [0, 0.05) is 37.2 Å². The van der Waals surface area contributed by atoms with Crippen molar-refractivity contribution < 1.29 is 60.4 Å². The van der Waals surface area contributed by atoms with Gasteiger partial charge in [0.15, 0.2) is 0 Å². The Morgan fingerprint density at radius 3 is 2.14 bits per heavy atom. The SMILES string of the molecule is COc1ncccc1C(=O)N1C[C@@H]2COC[C@]2(CN(C)C)C1.O=C(O)C(F)(F)F.O=C(O)C(F)(F)F. The monoisotopic (exact) mass is 533 g/mol. The number of aliphatic carboxylic acids is 2. The summed E-state index contributed by atoms with van der Waals surface area (Å²) in [6.45, 7) is 3.87. The second-order valence-corrected chi connectivity index (χ2v) is 8.16. The van der Waals surface area contributed by atoms with Crippen LogP contribution in [0.25, 0.3) is 0 Å². The molecule has 2 atom stereocenters. The zero-order chi connectivity index (χ0) is 27.9. The predicted molar refractivity (Wildman–Crippen MR) is 109 cm³/mol. The molecule has 1 aromatic rings. The zero-order valence-electron chi connectivity index (χ0n) is 19.4. The first-order chi connectivity index (χ1) is 16.4. The Hall–Kier alpha value is -3.14. The number of carbonyl (C=O) groups is 3. The van der Waals surface area contributed by atoms with Crippen molar-refractivity contribution in [3.05, 3.63) is 23.9 Å². The number of halogens is 6. The number of hydrogen-bond acceptors (Lipinski definition) is 7. The molecule has 0 bridgehead atoms. The first-order valence-electron chi connectivity index (χ1n) is 10.1. The largest absolute Gasteiger partial charge is 0.490 e. The lowest BCUT2D eigenvalue weighted by molar-refractivity contribution is -0.193. The van der Waals surface area contributed by atoms with Crippen LogP contribution in [-0.2, 0) is 14.3 Å². The van der Waals surface area contributed by atoms with Crippen LogP contribution in [0, 0.1) is 11.3 Å². The van der Waals surface area contributed by atoms with Crippen molar-refractivity contribution in [3.8, 4) is 5.88 Å². The van der Waals surface area contributed by atoms with Crippen molar-refractivity contribution in [1.82, 2.24) is 14.8 Å². The second kappa shape index (κ2) is 12.2. The number of hydrogen-bond donors (Lipinski definition) is 2. The minimum Gasteiger partial charge on any atom is -0.480 e. The number of carboxylic acid groups (broad SMARTS) is 2. The van der Waals surface area contributed by atoms with Gasteiger partial charge < -0.3 is 29.5 Å². The summed E-state index contributed by atoms with van der Waals surface area (Å²) in [5.74, 6) is -4.72. The van der Waals surface area contributed by atoms with E-state index in [0.29, 0.717) is 17.4 Å². The topological polar surface area (TPSA) is 130 Å². The summed E-state index contributed by atoms with van der Waals surface area (Å²) in [5.41, 5.74) is 0.583. The van der Waals surface area contributed by atoms with E-state index in [-0.39, 0.29) is 11.3 Å². The number of methoxy groups -OCH3 is 1. The molecular formula is C20H25F6N3O7. The highest BCUT2D eigenvalue weighted by molar-refractivity contribution is 5.96. The van der Waals surface area contributed by atoms with Crippen LogP contribution in [0.2, 0.25) is 0 Å². The van der Waals surface area contributed by atoms with E-state index < -0.39 is 24.3 Å². The number of likely N-dealkylation sites (tertiary alicyclic amines) is 1. The van der Waals surface area contributed by atoms with Crippen molar-refractivity contribution in [3.63, 3.8) is 0 Å². The molecule has 2 N–H and O–H groups in total. The van der Waals surface area contributed by atoms with E-state index in [1.165, 1.54) is 0 Å². The van der Waals surface area contributed by atoms with Gasteiger partial charge >= 0.3 is 24.3 Å². The van der Waals surface area contributed by atoms with E-state index in [0.717, 1.165) is 32.8 Å². The van der Waals surface area contributed by atoms with E-state index >= 15 is 0 Å². The lowest BCUT2D eigenvalue weighted by Crippen LogP contribution is -2.41. The third-order valence-corrected chi connectivity index (χ3v) is 5.12. The maximum Gasteiger partial charge on any atom is 0.490 e. The summed E-state index contributed by atoms with van der Waals surface area (Å²) in [7, 11) is 5.68. The number of aromatic nitrogens is 1. The number of rotatable bonds is 4. The second-order valence-electron chi connectivity index (χ2n) is 8.16. The summed E-state index contributed by atoms with van der Waals surface area (Å²) < 4.78 is 74.4. The molecule has 0 saturated carbocycles. The predicted octanol–water partition coefficient (Wildman–Crippen LogP) is 2.01. The first kappa shape index (κ1) is 30.9. The third-order valence-electron chi connectivity index (χ3n) is 5.12. The van der Waals surface area contributed by atoms with Gasteiger partial charge in [-0.05, 0) is 26.2 Å². The Kier molecular flexibility index (Phi) is 10.5. The molecule has 0 aliphatic carbocycles. The smallest absolute Gasteiger partial charge is 0.480 e. The Balaban J connectivity index is 0.000000383. The van der Waals surface area contributed by atoms with E-state index in [2.05, 4.69) is 24.0 Å². The summed E-state index contributed by atoms with van der Waals surface area (Å²) in [4.78, 5) is 38.9. The lowest BCUT2D eigenvalue weighted by Gasteiger charge is -2.30. The number of alkyl halides is 6. The van der Waals surface area contributed by atoms with Crippen molar-refractivity contribution in [2.45, 2.75) is 12.4 Å². The molecule has 2 fully saturated rings. The minimum atomic E-state index is -5.08. The average Bonchev–Trinajstić information content (AvgIpc) is 3.28. The summed E-state index contributed by atoms with van der Waals surface area (Å²) >= 11 is 0. The van der Waals surface area contributed by atoms with Gasteiger partial charge in [-0.15, -0.1) is 0 Å². The number of nitrogens with zero attached hydrogens (tertiary/aromatic N) is 3. The molecule has 0 aromatic carbocycles. The Labute approximate surface area is 201 Å². The molecule has 204 valence electrons. The fraction of sp³-hybridized carbons (Fsp3) is 0.600. The van der Waals surface area contributed by atoms with Crippen LogP contribution in [0.4, 0.5) is 26.3 Å². The van der Waals surface area contributed by atoms with Gasteiger partial charge in [-0.1, -0.05) is 0 Å². The van der Waals surface area contributed by atoms with E-state index in [1.54, 1.807) is 25.4 Å². The van der Waals surface area contributed by atoms with Crippen LogP contribution in [0.15, 0.2) is 18.3 Å². The summed E-state index contributed by atoms with van der Waals surface area (Å²) in [5, 5.41) is 14.2. The van der Waals surface area contributed by atoms with Crippen LogP contribution >= 0.6 is 0 Å². The number of pyridine rings is 1. The van der Waals surface area contributed by atoms with E-state index in [1.807, 2.05) is 4.90 Å². The molecule has 10 nitrogen and oxygen atoms in total. The molecule has 0 spiro atoms. The summed E-state index contributed by atoms with van der Waals surface area (Å²) in [6.07, 6.45) is -8.53. The van der Waals surface area contributed by atoms with Crippen molar-refractivity contribution in [1.29, 1.82) is 0 Å². The van der Waals surface area contributed by atoms with Crippen molar-refractivity contribution >= 4 is 17.8 Å². The normalized spacial score (nSPS) is 21.1. The van der Waals surface area contributed by atoms with E-state index in [9.17, 15) is 31.1 Å². The zero-order valence-corrected chi connectivity index (χ0v) is 19.4. The molecule has 1 aromatic heterocycles. The van der Waals surface area contributed by atoms with Gasteiger partial charge in [0.1, 0.15) is 5.56 Å². The van der Waals surface area contributed by atoms with Crippen LogP contribution in [-0.4, -0.2) is 109 Å². The highest BCUT2D eigenvalue weighted by Crippen LogP contribution is 2.42. The number of carbonyl (C=O) groups excluding carboxylic acids is 1. The van der Waals surface area contributed by atoms with Gasteiger partial charge in [0.2, 0.25) is 5.88 Å². The lowest BCUT2D eigenvalue weighted by atomic mass is 9.81. The maximum atomic E-state index is 12.8. The van der Waals surface area contributed by atoms with Crippen LogP contribution in [0.3, 0.4) is 0 Å². The fourth-order valence-corrected chi connectivity index (χ4v) is 3.73. The van der Waals surface area contributed by atoms with E-state index in [4.69, 9.17) is 29.3 Å². The Bertz CT molecular complexity index is 902. The highest BCUT2D eigenvalue weighted by Gasteiger charge is 2.52. The minimum absolute atomic E-state index is 0.00233. The Morgan fingerprint density at radius 1 is 1.17 bits per heavy atom. The molecule has 2 aliphatic rings. The molecule has 3 heterocycles. The molecule has 16 heteroatoms. The molecule has 3 rings (SSSR count). The fourth-order valence-electron chi connectivity index (χ4n) is 3.73. The maximum absolute atomic E-state index is 12.8. The summed E-state index contributed by atoms with van der Waals surface area (Å²) in [6, 6.07) is 3.54. The van der Waals surface area contributed by atoms with Crippen molar-refractivity contribution in [2.24, 2.45) is 11.3 Å². The molecule has 1 amide bonds. The molecule has 0 radical (unpaired) electrons.